The van der Waals surface area contributed by atoms with Gasteiger partial charge in [-0.3, -0.25) is 9.36 Å². The molecule has 0 saturated heterocycles. The molecule has 0 fully saturated rings. The summed E-state index contributed by atoms with van der Waals surface area (Å²) in [7, 11) is 0. The minimum atomic E-state index is -0.0274. The lowest BCUT2D eigenvalue weighted by Crippen LogP contribution is -2.27. The van der Waals surface area contributed by atoms with Gasteiger partial charge in [0, 0.05) is 24.5 Å². The largest absolute Gasteiger partial charge is 0.310 e. The van der Waals surface area contributed by atoms with Crippen molar-refractivity contribution in [2.75, 3.05) is 6.54 Å². The SMILES string of the molecule is Cc1ncn(CCNCc2cccs2)c(=O)c1Br. The Kier molecular flexibility index (Phi) is 4.68. The molecule has 0 radical (unpaired) electrons. The van der Waals surface area contributed by atoms with E-state index in [1.165, 1.54) is 4.88 Å². The topological polar surface area (TPSA) is 46.9 Å². The molecule has 0 aliphatic rings. The predicted molar refractivity (Wildman–Crippen MR) is 77.0 cm³/mol. The van der Waals surface area contributed by atoms with Gasteiger partial charge in [-0.15, -0.1) is 11.3 Å². The maximum Gasteiger partial charge on any atom is 0.267 e. The molecule has 2 rings (SSSR count). The monoisotopic (exact) mass is 327 g/mol. The van der Waals surface area contributed by atoms with Gasteiger partial charge in [-0.05, 0) is 34.3 Å². The van der Waals surface area contributed by atoms with Crippen LogP contribution < -0.4 is 10.9 Å². The molecule has 0 amide bonds. The van der Waals surface area contributed by atoms with Gasteiger partial charge in [0.25, 0.3) is 5.56 Å². The molecule has 0 aliphatic carbocycles. The van der Waals surface area contributed by atoms with E-state index in [0.717, 1.165) is 18.8 Å². The molecular weight excluding hydrogens is 314 g/mol. The summed E-state index contributed by atoms with van der Waals surface area (Å²) in [5.41, 5.74) is 0.697. The van der Waals surface area contributed by atoms with Crippen molar-refractivity contribution in [1.29, 1.82) is 0 Å². The van der Waals surface area contributed by atoms with Gasteiger partial charge in [0.05, 0.1) is 12.0 Å². The Morgan fingerprint density at radius 1 is 1.56 bits per heavy atom. The van der Waals surface area contributed by atoms with E-state index in [1.54, 1.807) is 22.2 Å². The lowest BCUT2D eigenvalue weighted by molar-refractivity contribution is 0.577. The molecule has 1 N–H and O–H groups in total. The molecule has 2 aromatic heterocycles. The van der Waals surface area contributed by atoms with Crippen LogP contribution in [-0.2, 0) is 13.1 Å². The van der Waals surface area contributed by atoms with Crippen LogP contribution in [0.3, 0.4) is 0 Å². The molecule has 18 heavy (non-hydrogen) atoms. The van der Waals surface area contributed by atoms with Gasteiger partial charge in [0.1, 0.15) is 4.47 Å². The van der Waals surface area contributed by atoms with Crippen molar-refractivity contribution in [3.05, 3.63) is 49.2 Å². The number of rotatable bonds is 5. The summed E-state index contributed by atoms with van der Waals surface area (Å²) < 4.78 is 2.15. The first-order valence-corrected chi connectivity index (χ1v) is 7.30. The lowest BCUT2D eigenvalue weighted by atomic mass is 10.4. The fraction of sp³-hybridized carbons (Fsp3) is 0.333. The van der Waals surface area contributed by atoms with Crippen LogP contribution in [0.5, 0.6) is 0 Å². The predicted octanol–water partition coefficient (Wildman–Crippen LogP) is 2.17. The number of nitrogens with one attached hydrogen (secondary N) is 1. The van der Waals surface area contributed by atoms with Crippen molar-refractivity contribution in [3.63, 3.8) is 0 Å². The fourth-order valence-electron chi connectivity index (χ4n) is 1.53. The number of hydrogen-bond donors (Lipinski definition) is 1. The number of hydrogen-bond acceptors (Lipinski definition) is 4. The Balaban J connectivity index is 1.87. The molecule has 0 atom stereocenters. The van der Waals surface area contributed by atoms with Crippen molar-refractivity contribution < 1.29 is 0 Å². The number of nitrogens with zero attached hydrogens (tertiary/aromatic N) is 2. The third-order valence-electron chi connectivity index (χ3n) is 2.57. The molecule has 6 heteroatoms. The molecule has 2 heterocycles. The fourth-order valence-corrected chi connectivity index (χ4v) is 2.53. The van der Waals surface area contributed by atoms with Crippen LogP contribution in [0, 0.1) is 6.92 Å². The highest BCUT2D eigenvalue weighted by Crippen LogP contribution is 2.07. The molecule has 0 unspecified atom stereocenters. The van der Waals surface area contributed by atoms with Gasteiger partial charge in [0.2, 0.25) is 0 Å². The number of aromatic nitrogens is 2. The Bertz CT molecular complexity index is 565. The first kappa shape index (κ1) is 13.5. The van der Waals surface area contributed by atoms with Gasteiger partial charge < -0.3 is 5.32 Å². The quantitative estimate of drug-likeness (QED) is 0.856. The summed E-state index contributed by atoms with van der Waals surface area (Å²) >= 11 is 4.98. The Morgan fingerprint density at radius 2 is 2.39 bits per heavy atom. The average molecular weight is 328 g/mol. The molecule has 0 aliphatic heterocycles. The van der Waals surface area contributed by atoms with Crippen molar-refractivity contribution in [2.24, 2.45) is 0 Å². The van der Waals surface area contributed by atoms with Gasteiger partial charge in [-0.1, -0.05) is 6.07 Å². The van der Waals surface area contributed by atoms with Crippen LogP contribution in [0.25, 0.3) is 0 Å². The molecule has 4 nitrogen and oxygen atoms in total. The van der Waals surface area contributed by atoms with E-state index in [4.69, 9.17) is 0 Å². The van der Waals surface area contributed by atoms with E-state index >= 15 is 0 Å². The second-order valence-corrected chi connectivity index (χ2v) is 5.72. The maximum absolute atomic E-state index is 11.9. The standard InChI is InChI=1S/C12H14BrN3OS/c1-9-11(13)12(17)16(8-15-9)5-4-14-7-10-3-2-6-18-10/h2-3,6,8,14H,4-5,7H2,1H3. The normalized spacial score (nSPS) is 10.8. The Labute approximate surface area is 118 Å². The first-order valence-electron chi connectivity index (χ1n) is 5.63. The summed E-state index contributed by atoms with van der Waals surface area (Å²) in [4.78, 5) is 17.3. The van der Waals surface area contributed by atoms with E-state index in [0.29, 0.717) is 11.0 Å². The van der Waals surface area contributed by atoms with E-state index < -0.39 is 0 Å². The van der Waals surface area contributed by atoms with Gasteiger partial charge in [-0.25, -0.2) is 4.98 Å². The van der Waals surface area contributed by atoms with E-state index in [9.17, 15) is 4.79 Å². The summed E-state index contributed by atoms with van der Waals surface area (Å²) in [5, 5.41) is 5.36. The second kappa shape index (κ2) is 6.26. The lowest BCUT2D eigenvalue weighted by Gasteiger charge is -2.07. The average Bonchev–Trinajstić information content (AvgIpc) is 2.87. The number of thiophene rings is 1. The highest BCUT2D eigenvalue weighted by Gasteiger charge is 2.04. The number of aryl methyl sites for hydroxylation is 1. The van der Waals surface area contributed by atoms with Crippen molar-refractivity contribution in [3.8, 4) is 0 Å². The molecule has 2 aromatic rings. The second-order valence-electron chi connectivity index (χ2n) is 3.90. The highest BCUT2D eigenvalue weighted by atomic mass is 79.9. The van der Waals surface area contributed by atoms with E-state index in [-0.39, 0.29) is 5.56 Å². The maximum atomic E-state index is 11.9. The number of halogens is 1. The zero-order chi connectivity index (χ0) is 13.0. The van der Waals surface area contributed by atoms with Gasteiger partial charge in [-0.2, -0.15) is 0 Å². The molecule has 0 bridgehead atoms. The summed E-state index contributed by atoms with van der Waals surface area (Å²) in [6.45, 7) is 4.02. The minimum Gasteiger partial charge on any atom is -0.310 e. The Hall–Kier alpha value is -0.980. The summed E-state index contributed by atoms with van der Waals surface area (Å²) in [6.07, 6.45) is 1.59. The van der Waals surface area contributed by atoms with Crippen molar-refractivity contribution >= 4 is 27.3 Å². The van der Waals surface area contributed by atoms with Gasteiger partial charge in [0.15, 0.2) is 0 Å². The van der Waals surface area contributed by atoms with E-state index in [2.05, 4.69) is 37.7 Å². The molecule has 0 saturated carbocycles. The smallest absolute Gasteiger partial charge is 0.267 e. The van der Waals surface area contributed by atoms with Crippen LogP contribution in [0.1, 0.15) is 10.6 Å². The van der Waals surface area contributed by atoms with Crippen LogP contribution in [0.2, 0.25) is 0 Å². The highest BCUT2D eigenvalue weighted by molar-refractivity contribution is 9.10. The minimum absolute atomic E-state index is 0.0274. The van der Waals surface area contributed by atoms with Crippen LogP contribution in [0.15, 0.2) is 33.1 Å². The first-order chi connectivity index (χ1) is 8.68. The molecule has 0 aromatic carbocycles. The van der Waals surface area contributed by atoms with Crippen molar-refractivity contribution in [2.45, 2.75) is 20.0 Å². The van der Waals surface area contributed by atoms with Crippen LogP contribution in [0.4, 0.5) is 0 Å². The zero-order valence-electron chi connectivity index (χ0n) is 10.0. The molecule has 0 spiro atoms. The van der Waals surface area contributed by atoms with Crippen LogP contribution >= 0.6 is 27.3 Å². The third-order valence-corrected chi connectivity index (χ3v) is 4.36. The molecular formula is C12H14BrN3OS. The Morgan fingerprint density at radius 3 is 3.11 bits per heavy atom. The van der Waals surface area contributed by atoms with E-state index in [1.807, 2.05) is 13.0 Å². The third kappa shape index (κ3) is 3.28. The summed E-state index contributed by atoms with van der Waals surface area (Å²) in [5.74, 6) is 0. The van der Waals surface area contributed by atoms with Crippen LogP contribution in [-0.4, -0.2) is 16.1 Å². The zero-order valence-corrected chi connectivity index (χ0v) is 12.4. The van der Waals surface area contributed by atoms with Gasteiger partial charge >= 0.3 is 0 Å². The molecule has 96 valence electrons. The van der Waals surface area contributed by atoms with Crippen molar-refractivity contribution in [1.82, 2.24) is 14.9 Å². The summed E-state index contributed by atoms with van der Waals surface area (Å²) in [6, 6.07) is 4.13.